The Morgan fingerprint density at radius 3 is 2.48 bits per heavy atom. The minimum Gasteiger partial charge on any atom is -0.489 e. The number of aliphatic carboxylic acids is 1. The molecule has 2 aromatic carbocycles. The highest BCUT2D eigenvalue weighted by Crippen LogP contribution is 2.30. The molecular formula is C23H23ClN2O5. The van der Waals surface area contributed by atoms with Gasteiger partial charge < -0.3 is 19.9 Å². The number of rotatable bonds is 9. The van der Waals surface area contributed by atoms with E-state index in [2.05, 4.69) is 9.97 Å². The number of aromatic nitrogens is 2. The third kappa shape index (κ3) is 5.24. The van der Waals surface area contributed by atoms with Crippen LogP contribution >= 0.6 is 11.6 Å². The van der Waals surface area contributed by atoms with Gasteiger partial charge in [0.25, 0.3) is 0 Å². The van der Waals surface area contributed by atoms with Crippen molar-refractivity contribution < 1.29 is 24.5 Å². The van der Waals surface area contributed by atoms with Gasteiger partial charge >= 0.3 is 11.9 Å². The van der Waals surface area contributed by atoms with Gasteiger partial charge in [0.05, 0.1) is 11.3 Å². The Balaban J connectivity index is 1.79. The highest BCUT2D eigenvalue weighted by atomic mass is 35.5. The number of aryl methyl sites for hydroxylation is 2. The Morgan fingerprint density at radius 1 is 1.16 bits per heavy atom. The predicted octanol–water partition coefficient (Wildman–Crippen LogP) is 4.82. The maximum absolute atomic E-state index is 12.0. The standard InChI is InChI=1S/C23H23ClN2O5/c1-3-4-18-25-20(21(24)26-18)19(23(29)30)14-7-9-16(10-8-14)31-12-15-6-5-13(2)11-17(15)22(27)28/h5-11,19H,3-4,12H2,1-2H3,(H,25,26)(H,27,28)(H,29,30). The maximum Gasteiger partial charge on any atom is 0.336 e. The summed E-state index contributed by atoms with van der Waals surface area (Å²) in [7, 11) is 0. The largest absolute Gasteiger partial charge is 0.489 e. The van der Waals surface area contributed by atoms with Crippen molar-refractivity contribution in [3.63, 3.8) is 0 Å². The van der Waals surface area contributed by atoms with Crippen molar-refractivity contribution in [2.45, 2.75) is 39.2 Å². The van der Waals surface area contributed by atoms with E-state index in [0.717, 1.165) is 12.0 Å². The Morgan fingerprint density at radius 2 is 1.87 bits per heavy atom. The van der Waals surface area contributed by atoms with Crippen molar-refractivity contribution >= 4 is 23.5 Å². The summed E-state index contributed by atoms with van der Waals surface area (Å²) < 4.78 is 5.73. The summed E-state index contributed by atoms with van der Waals surface area (Å²) in [5, 5.41) is 19.3. The lowest BCUT2D eigenvalue weighted by molar-refractivity contribution is -0.137. The van der Waals surface area contributed by atoms with Crippen molar-refractivity contribution in [1.29, 1.82) is 0 Å². The molecule has 0 amide bonds. The lowest BCUT2D eigenvalue weighted by Crippen LogP contribution is -2.14. The smallest absolute Gasteiger partial charge is 0.336 e. The number of hydrogen-bond acceptors (Lipinski definition) is 4. The first-order chi connectivity index (χ1) is 14.8. The number of imidazole rings is 1. The fraction of sp³-hybridized carbons (Fsp3) is 0.261. The second-order valence-electron chi connectivity index (χ2n) is 7.23. The summed E-state index contributed by atoms with van der Waals surface area (Å²) >= 11 is 6.19. The van der Waals surface area contributed by atoms with E-state index in [1.807, 2.05) is 19.9 Å². The van der Waals surface area contributed by atoms with Crippen LogP contribution in [0.2, 0.25) is 5.15 Å². The Bertz CT molecular complexity index is 1090. The summed E-state index contributed by atoms with van der Waals surface area (Å²) in [5.41, 5.74) is 2.47. The molecule has 3 aromatic rings. The van der Waals surface area contributed by atoms with Crippen molar-refractivity contribution in [3.05, 3.63) is 81.4 Å². The fourth-order valence-corrected chi connectivity index (χ4v) is 3.58. The van der Waals surface area contributed by atoms with Gasteiger partial charge in [0.1, 0.15) is 24.1 Å². The molecule has 0 radical (unpaired) electrons. The number of aromatic amines is 1. The lowest BCUT2D eigenvalue weighted by Gasteiger charge is -2.13. The number of carbonyl (C=O) groups is 2. The van der Waals surface area contributed by atoms with Crippen LogP contribution < -0.4 is 4.74 Å². The third-order valence-corrected chi connectivity index (χ3v) is 5.15. The van der Waals surface area contributed by atoms with Crippen LogP contribution in [0.3, 0.4) is 0 Å². The summed E-state index contributed by atoms with van der Waals surface area (Å²) in [4.78, 5) is 30.6. The van der Waals surface area contributed by atoms with E-state index < -0.39 is 17.9 Å². The SMILES string of the molecule is CCCc1nc(Cl)c(C(C(=O)O)c2ccc(OCc3ccc(C)cc3C(=O)O)cc2)[nH]1. The molecule has 0 spiro atoms. The maximum atomic E-state index is 12.0. The molecule has 3 N–H and O–H groups in total. The van der Waals surface area contributed by atoms with Crippen molar-refractivity contribution in [3.8, 4) is 5.75 Å². The third-order valence-electron chi connectivity index (χ3n) is 4.86. The number of carboxylic acids is 2. The van der Waals surface area contributed by atoms with Gasteiger partial charge in [0, 0.05) is 12.0 Å². The van der Waals surface area contributed by atoms with Gasteiger partial charge in [0.2, 0.25) is 0 Å². The number of ether oxygens (including phenoxy) is 1. The van der Waals surface area contributed by atoms with Crippen LogP contribution in [0.5, 0.6) is 5.75 Å². The first-order valence-electron chi connectivity index (χ1n) is 9.82. The summed E-state index contributed by atoms with van der Waals surface area (Å²) in [6, 6.07) is 11.8. The summed E-state index contributed by atoms with van der Waals surface area (Å²) in [6.45, 7) is 3.90. The number of carboxylic acid groups (broad SMARTS) is 2. The molecule has 1 heterocycles. The topological polar surface area (TPSA) is 113 Å². The van der Waals surface area contributed by atoms with Gasteiger partial charge in [-0.15, -0.1) is 0 Å². The summed E-state index contributed by atoms with van der Waals surface area (Å²) in [6.07, 6.45) is 1.54. The molecular weight excluding hydrogens is 420 g/mol. The van der Waals surface area contributed by atoms with Crippen LogP contribution in [-0.2, 0) is 17.8 Å². The molecule has 0 bridgehead atoms. The molecule has 7 nitrogen and oxygen atoms in total. The number of nitrogens with zero attached hydrogens (tertiary/aromatic N) is 1. The first-order valence-corrected chi connectivity index (χ1v) is 10.2. The van der Waals surface area contributed by atoms with Crippen molar-refractivity contribution in [2.75, 3.05) is 0 Å². The molecule has 1 unspecified atom stereocenters. The molecule has 0 saturated heterocycles. The number of halogens is 1. The molecule has 1 atom stereocenters. The fourth-order valence-electron chi connectivity index (χ4n) is 3.33. The lowest BCUT2D eigenvalue weighted by atomic mass is 9.96. The van der Waals surface area contributed by atoms with Gasteiger partial charge in [-0.05, 0) is 37.1 Å². The zero-order valence-corrected chi connectivity index (χ0v) is 17.9. The quantitative estimate of drug-likeness (QED) is 0.438. The molecule has 0 saturated carbocycles. The van der Waals surface area contributed by atoms with E-state index in [1.54, 1.807) is 36.4 Å². The molecule has 1 aromatic heterocycles. The minimum absolute atomic E-state index is 0.0797. The zero-order valence-electron chi connectivity index (χ0n) is 17.2. The molecule has 0 aliphatic carbocycles. The van der Waals surface area contributed by atoms with Gasteiger partial charge in [-0.1, -0.05) is 48.4 Å². The minimum atomic E-state index is -1.05. The van der Waals surface area contributed by atoms with E-state index in [4.69, 9.17) is 16.3 Å². The van der Waals surface area contributed by atoms with Crippen molar-refractivity contribution in [1.82, 2.24) is 9.97 Å². The Kier molecular flexibility index (Phi) is 6.97. The zero-order chi connectivity index (χ0) is 22.5. The van der Waals surface area contributed by atoms with Crippen LogP contribution in [0, 0.1) is 6.92 Å². The van der Waals surface area contributed by atoms with E-state index in [1.165, 1.54) is 0 Å². The number of benzene rings is 2. The van der Waals surface area contributed by atoms with Gasteiger partial charge in [-0.2, -0.15) is 0 Å². The van der Waals surface area contributed by atoms with Gasteiger partial charge in [0.15, 0.2) is 5.15 Å². The molecule has 0 aliphatic heterocycles. The molecule has 31 heavy (non-hydrogen) atoms. The number of nitrogens with one attached hydrogen (secondary N) is 1. The number of hydrogen-bond donors (Lipinski definition) is 3. The van der Waals surface area contributed by atoms with E-state index in [-0.39, 0.29) is 17.3 Å². The molecule has 162 valence electrons. The van der Waals surface area contributed by atoms with Crippen molar-refractivity contribution in [2.24, 2.45) is 0 Å². The monoisotopic (exact) mass is 442 g/mol. The average Bonchev–Trinajstić information content (AvgIpc) is 3.07. The Labute approximate surface area is 184 Å². The van der Waals surface area contributed by atoms with Crippen LogP contribution in [0.15, 0.2) is 42.5 Å². The first kappa shape index (κ1) is 22.4. The normalized spacial score (nSPS) is 11.8. The highest BCUT2D eigenvalue weighted by molar-refractivity contribution is 6.30. The molecule has 8 heteroatoms. The van der Waals surface area contributed by atoms with Crippen LogP contribution in [-0.4, -0.2) is 32.1 Å². The highest BCUT2D eigenvalue weighted by Gasteiger charge is 2.27. The average molecular weight is 443 g/mol. The molecule has 0 aliphatic rings. The summed E-state index contributed by atoms with van der Waals surface area (Å²) in [5.74, 6) is -1.91. The van der Waals surface area contributed by atoms with Crippen LogP contribution in [0.1, 0.15) is 57.8 Å². The molecule has 0 fully saturated rings. The second-order valence-corrected chi connectivity index (χ2v) is 7.59. The Hall–Kier alpha value is -3.32. The number of aromatic carboxylic acids is 1. The molecule has 3 rings (SSSR count). The van der Waals surface area contributed by atoms with Crippen LogP contribution in [0.4, 0.5) is 0 Å². The van der Waals surface area contributed by atoms with E-state index >= 15 is 0 Å². The van der Waals surface area contributed by atoms with Crippen LogP contribution in [0.25, 0.3) is 0 Å². The van der Waals surface area contributed by atoms with Gasteiger partial charge in [-0.25, -0.2) is 9.78 Å². The second kappa shape index (κ2) is 9.66. The van der Waals surface area contributed by atoms with E-state index in [0.29, 0.717) is 34.8 Å². The number of H-pyrrole nitrogens is 1. The van der Waals surface area contributed by atoms with E-state index in [9.17, 15) is 19.8 Å². The predicted molar refractivity (Wildman–Crippen MR) is 116 cm³/mol. The van der Waals surface area contributed by atoms with Gasteiger partial charge in [-0.3, -0.25) is 4.79 Å².